The standard InChI is InChI=1S/C15H15ClN2O4/c16-10-6-13-12(2-1-3-17-13)14(7-10)22-9-11-8-18(15(19)20)4-5-21-11/h1-3,6-7,11H,4-5,8-9H2,(H,19,20)/t11-/m0/s1. The van der Waals surface area contributed by atoms with E-state index >= 15 is 0 Å². The molecule has 0 spiro atoms. The maximum Gasteiger partial charge on any atom is 0.407 e. The Balaban J connectivity index is 1.72. The fourth-order valence-electron chi connectivity index (χ4n) is 2.41. The van der Waals surface area contributed by atoms with Crippen LogP contribution in [0.4, 0.5) is 4.79 Å². The minimum atomic E-state index is -0.939. The Kier molecular flexibility index (Phi) is 4.31. The van der Waals surface area contributed by atoms with E-state index in [-0.39, 0.29) is 12.7 Å². The van der Waals surface area contributed by atoms with Gasteiger partial charge in [0, 0.05) is 23.2 Å². The predicted molar refractivity (Wildman–Crippen MR) is 81.6 cm³/mol. The van der Waals surface area contributed by atoms with Gasteiger partial charge in [-0.05, 0) is 24.3 Å². The van der Waals surface area contributed by atoms with E-state index in [1.165, 1.54) is 4.90 Å². The maximum absolute atomic E-state index is 11.0. The Bertz CT molecular complexity index is 694. The van der Waals surface area contributed by atoms with E-state index in [0.717, 1.165) is 10.9 Å². The molecular formula is C15H15ClN2O4. The molecule has 7 heteroatoms. The van der Waals surface area contributed by atoms with Gasteiger partial charge >= 0.3 is 6.09 Å². The Morgan fingerprint density at radius 3 is 3.23 bits per heavy atom. The lowest BCUT2D eigenvalue weighted by Gasteiger charge is -2.30. The van der Waals surface area contributed by atoms with Crippen molar-refractivity contribution in [1.29, 1.82) is 0 Å². The molecule has 0 bridgehead atoms. The third-order valence-corrected chi connectivity index (χ3v) is 3.70. The first-order valence-corrected chi connectivity index (χ1v) is 7.28. The second-order valence-corrected chi connectivity index (χ2v) is 5.44. The lowest BCUT2D eigenvalue weighted by atomic mass is 10.2. The minimum Gasteiger partial charge on any atom is -0.490 e. The Hall–Kier alpha value is -2.05. The van der Waals surface area contributed by atoms with Gasteiger partial charge in [0.05, 0.1) is 18.7 Å². The van der Waals surface area contributed by atoms with Gasteiger partial charge in [0.25, 0.3) is 0 Å². The minimum absolute atomic E-state index is 0.258. The van der Waals surface area contributed by atoms with Crippen LogP contribution in [0.3, 0.4) is 0 Å². The van der Waals surface area contributed by atoms with Gasteiger partial charge in [0.15, 0.2) is 0 Å². The van der Waals surface area contributed by atoms with Gasteiger partial charge in [-0.1, -0.05) is 11.6 Å². The Labute approximate surface area is 132 Å². The molecule has 3 rings (SSSR count). The average molecular weight is 323 g/mol. The molecule has 1 N–H and O–H groups in total. The number of fused-ring (bicyclic) bond motifs is 1. The number of aromatic nitrogens is 1. The molecule has 0 radical (unpaired) electrons. The number of amides is 1. The van der Waals surface area contributed by atoms with Crippen molar-refractivity contribution in [3.8, 4) is 5.75 Å². The van der Waals surface area contributed by atoms with Crippen molar-refractivity contribution >= 4 is 28.6 Å². The Morgan fingerprint density at radius 1 is 1.55 bits per heavy atom. The van der Waals surface area contributed by atoms with Crippen molar-refractivity contribution in [3.05, 3.63) is 35.5 Å². The summed E-state index contributed by atoms with van der Waals surface area (Å²) in [6, 6.07) is 7.22. The summed E-state index contributed by atoms with van der Waals surface area (Å²) in [6.45, 7) is 1.31. The van der Waals surface area contributed by atoms with Gasteiger partial charge in [-0.25, -0.2) is 4.79 Å². The molecule has 1 aliphatic heterocycles. The number of carboxylic acid groups (broad SMARTS) is 1. The van der Waals surface area contributed by atoms with Crippen LogP contribution < -0.4 is 4.74 Å². The number of carbonyl (C=O) groups is 1. The second kappa shape index (κ2) is 6.37. The molecule has 2 aromatic rings. The normalized spacial score (nSPS) is 18.4. The number of pyridine rings is 1. The number of nitrogens with zero attached hydrogens (tertiary/aromatic N) is 2. The highest BCUT2D eigenvalue weighted by Gasteiger charge is 2.24. The predicted octanol–water partition coefficient (Wildman–Crippen LogP) is 2.65. The highest BCUT2D eigenvalue weighted by molar-refractivity contribution is 6.31. The molecule has 1 aromatic carbocycles. The number of ether oxygens (including phenoxy) is 2. The molecule has 1 atom stereocenters. The van der Waals surface area contributed by atoms with Crippen LogP contribution in [0.15, 0.2) is 30.5 Å². The molecule has 6 nitrogen and oxygen atoms in total. The molecule has 0 unspecified atom stereocenters. The number of benzene rings is 1. The van der Waals surface area contributed by atoms with Gasteiger partial charge in [0.2, 0.25) is 0 Å². The number of hydrogen-bond donors (Lipinski definition) is 1. The van der Waals surface area contributed by atoms with E-state index in [2.05, 4.69) is 4.98 Å². The fraction of sp³-hybridized carbons (Fsp3) is 0.333. The van der Waals surface area contributed by atoms with Crippen LogP contribution in [0.25, 0.3) is 10.9 Å². The molecule has 2 heterocycles. The third-order valence-electron chi connectivity index (χ3n) is 3.48. The molecule has 1 aliphatic rings. The van der Waals surface area contributed by atoms with E-state index in [1.807, 2.05) is 12.1 Å². The van der Waals surface area contributed by atoms with E-state index in [4.69, 9.17) is 26.2 Å². The lowest BCUT2D eigenvalue weighted by molar-refractivity contribution is -0.0410. The van der Waals surface area contributed by atoms with E-state index in [9.17, 15) is 4.79 Å². The second-order valence-electron chi connectivity index (χ2n) is 5.01. The molecule has 1 saturated heterocycles. The first-order chi connectivity index (χ1) is 10.6. The van der Waals surface area contributed by atoms with Crippen LogP contribution in [0, 0.1) is 0 Å². The van der Waals surface area contributed by atoms with E-state index < -0.39 is 6.09 Å². The van der Waals surface area contributed by atoms with Crippen molar-refractivity contribution in [2.45, 2.75) is 6.10 Å². The van der Waals surface area contributed by atoms with Crippen molar-refractivity contribution in [2.24, 2.45) is 0 Å². The first-order valence-electron chi connectivity index (χ1n) is 6.90. The molecule has 1 aromatic heterocycles. The molecule has 0 aliphatic carbocycles. The van der Waals surface area contributed by atoms with Crippen molar-refractivity contribution < 1.29 is 19.4 Å². The molecule has 1 amide bonds. The quantitative estimate of drug-likeness (QED) is 0.940. The van der Waals surface area contributed by atoms with Crippen LogP contribution in [0.5, 0.6) is 5.75 Å². The van der Waals surface area contributed by atoms with E-state index in [1.54, 1.807) is 18.3 Å². The van der Waals surface area contributed by atoms with Gasteiger partial charge < -0.3 is 19.5 Å². The van der Waals surface area contributed by atoms with Gasteiger partial charge in [-0.2, -0.15) is 0 Å². The van der Waals surface area contributed by atoms with Gasteiger partial charge in [-0.15, -0.1) is 0 Å². The largest absolute Gasteiger partial charge is 0.490 e. The van der Waals surface area contributed by atoms with Crippen LogP contribution in [-0.4, -0.2) is 53.5 Å². The van der Waals surface area contributed by atoms with Gasteiger partial charge in [0.1, 0.15) is 18.5 Å². The lowest BCUT2D eigenvalue weighted by Crippen LogP contribution is -2.47. The monoisotopic (exact) mass is 322 g/mol. The smallest absolute Gasteiger partial charge is 0.407 e. The topological polar surface area (TPSA) is 71.9 Å². The summed E-state index contributed by atoms with van der Waals surface area (Å²) in [5.41, 5.74) is 0.752. The molecule has 0 saturated carbocycles. The fourth-order valence-corrected chi connectivity index (χ4v) is 2.61. The summed E-state index contributed by atoms with van der Waals surface area (Å²) in [5, 5.41) is 10.4. The summed E-state index contributed by atoms with van der Waals surface area (Å²) < 4.78 is 11.3. The van der Waals surface area contributed by atoms with Crippen LogP contribution in [0.1, 0.15) is 0 Å². The third kappa shape index (κ3) is 3.23. The zero-order chi connectivity index (χ0) is 15.5. The van der Waals surface area contributed by atoms with Crippen LogP contribution in [-0.2, 0) is 4.74 Å². The summed E-state index contributed by atoms with van der Waals surface area (Å²) in [7, 11) is 0. The summed E-state index contributed by atoms with van der Waals surface area (Å²) in [6.07, 6.45) is 0.457. The average Bonchev–Trinajstić information content (AvgIpc) is 2.52. The SMILES string of the molecule is O=C(O)N1CCO[C@H](COc2cc(Cl)cc3ncccc23)C1. The zero-order valence-corrected chi connectivity index (χ0v) is 12.5. The number of morpholine rings is 1. The number of hydrogen-bond acceptors (Lipinski definition) is 4. The van der Waals surface area contributed by atoms with E-state index in [0.29, 0.717) is 30.5 Å². The highest BCUT2D eigenvalue weighted by atomic mass is 35.5. The van der Waals surface area contributed by atoms with Gasteiger partial charge in [-0.3, -0.25) is 4.98 Å². The van der Waals surface area contributed by atoms with Crippen LogP contribution in [0.2, 0.25) is 5.02 Å². The summed E-state index contributed by atoms with van der Waals surface area (Å²) in [5.74, 6) is 0.617. The number of rotatable bonds is 3. The highest BCUT2D eigenvalue weighted by Crippen LogP contribution is 2.28. The molecule has 22 heavy (non-hydrogen) atoms. The van der Waals surface area contributed by atoms with Crippen molar-refractivity contribution in [3.63, 3.8) is 0 Å². The first kappa shape index (κ1) is 14.9. The van der Waals surface area contributed by atoms with Crippen molar-refractivity contribution in [1.82, 2.24) is 9.88 Å². The Morgan fingerprint density at radius 2 is 2.41 bits per heavy atom. The summed E-state index contributed by atoms with van der Waals surface area (Å²) in [4.78, 5) is 16.6. The maximum atomic E-state index is 11.0. The van der Waals surface area contributed by atoms with Crippen molar-refractivity contribution in [2.75, 3.05) is 26.3 Å². The van der Waals surface area contributed by atoms with Crippen LogP contribution >= 0.6 is 11.6 Å². The molecular weight excluding hydrogens is 308 g/mol. The molecule has 1 fully saturated rings. The number of halogens is 1. The zero-order valence-electron chi connectivity index (χ0n) is 11.7. The molecule has 116 valence electrons. The summed E-state index contributed by atoms with van der Waals surface area (Å²) >= 11 is 6.07.